The molecule has 1 fully saturated rings. The normalized spacial score (nSPS) is 24.1. The van der Waals surface area contributed by atoms with E-state index in [0.717, 1.165) is 19.1 Å². The van der Waals surface area contributed by atoms with Gasteiger partial charge in [0.1, 0.15) is 6.29 Å². The van der Waals surface area contributed by atoms with E-state index in [1.165, 1.54) is 6.42 Å². The average Bonchev–Trinajstić information content (AvgIpc) is 1.67. The lowest BCUT2D eigenvalue weighted by Gasteiger charge is -2.35. The molecule has 0 radical (unpaired) electrons. The number of aldehydes is 1. The second-order valence-corrected chi connectivity index (χ2v) is 2.56. The molecule has 1 aliphatic carbocycles. The maximum Gasteiger partial charge on any atom is 0.140 e. The Bertz CT molecular complexity index is 95.1. The van der Waals surface area contributed by atoms with Crippen LogP contribution in [0.3, 0.4) is 0 Å². The monoisotopic (exact) mass is 131 g/mol. The molecule has 1 atom stereocenters. The molecule has 0 spiro atoms. The highest BCUT2D eigenvalue weighted by Crippen LogP contribution is 2.30. The predicted octanol–water partition coefficient (Wildman–Crippen LogP) is 0.488. The largest absolute Gasteiger partial charge is 0.301 e. The van der Waals surface area contributed by atoms with Crippen molar-refractivity contribution >= 4 is 15.7 Å². The summed E-state index contributed by atoms with van der Waals surface area (Å²) < 4.78 is 0. The Morgan fingerprint density at radius 1 is 1.62 bits per heavy atom. The lowest BCUT2D eigenvalue weighted by atomic mass is 9.79. The molecule has 0 heterocycles. The Labute approximate surface area is 51.3 Å². The summed E-state index contributed by atoms with van der Waals surface area (Å²) in [7, 11) is 2.38. The maximum atomic E-state index is 10.3. The van der Waals surface area contributed by atoms with E-state index in [-0.39, 0.29) is 5.54 Å². The predicted molar refractivity (Wildman–Crippen MR) is 35.5 cm³/mol. The maximum absolute atomic E-state index is 10.3. The second-order valence-electron chi connectivity index (χ2n) is 2.27. The second kappa shape index (κ2) is 2.12. The van der Waals surface area contributed by atoms with Crippen LogP contribution < -0.4 is 5.09 Å². The molecular formula is C5H10NOP. The van der Waals surface area contributed by atoms with Gasteiger partial charge in [0.25, 0.3) is 0 Å². The van der Waals surface area contributed by atoms with Crippen molar-refractivity contribution in [2.75, 3.05) is 0 Å². The van der Waals surface area contributed by atoms with Crippen LogP contribution in [0.2, 0.25) is 0 Å². The fraction of sp³-hybridized carbons (Fsp3) is 0.800. The third-order valence-corrected chi connectivity index (χ3v) is 2.33. The average molecular weight is 131 g/mol. The molecule has 0 bridgehead atoms. The summed E-state index contributed by atoms with van der Waals surface area (Å²) in [5.41, 5.74) is -0.162. The molecule has 1 N–H and O–H groups in total. The van der Waals surface area contributed by atoms with Crippen molar-refractivity contribution in [1.29, 1.82) is 0 Å². The van der Waals surface area contributed by atoms with Gasteiger partial charge in [0.05, 0.1) is 5.54 Å². The van der Waals surface area contributed by atoms with E-state index >= 15 is 0 Å². The van der Waals surface area contributed by atoms with E-state index < -0.39 is 0 Å². The summed E-state index contributed by atoms with van der Waals surface area (Å²) in [6.07, 6.45) is 4.18. The highest BCUT2D eigenvalue weighted by molar-refractivity contribution is 7.13. The van der Waals surface area contributed by atoms with E-state index in [1.54, 1.807) is 0 Å². The Balaban J connectivity index is 2.45. The van der Waals surface area contributed by atoms with Gasteiger partial charge in [-0.1, -0.05) is 9.39 Å². The van der Waals surface area contributed by atoms with E-state index in [9.17, 15) is 4.79 Å². The topological polar surface area (TPSA) is 29.1 Å². The van der Waals surface area contributed by atoms with Crippen molar-refractivity contribution < 1.29 is 4.79 Å². The zero-order valence-electron chi connectivity index (χ0n) is 4.68. The van der Waals surface area contributed by atoms with Crippen LogP contribution in [0.15, 0.2) is 0 Å². The van der Waals surface area contributed by atoms with Crippen LogP contribution in [0.25, 0.3) is 0 Å². The van der Waals surface area contributed by atoms with Crippen molar-refractivity contribution in [3.63, 3.8) is 0 Å². The molecule has 0 aliphatic heterocycles. The number of carbonyl (C=O) groups is 1. The Morgan fingerprint density at radius 2 is 2.25 bits per heavy atom. The lowest BCUT2D eigenvalue weighted by molar-refractivity contribution is -0.115. The van der Waals surface area contributed by atoms with Gasteiger partial charge >= 0.3 is 0 Å². The first-order valence-corrected chi connectivity index (χ1v) is 3.35. The summed E-state index contributed by atoms with van der Waals surface area (Å²) in [5, 5.41) is 2.91. The first-order chi connectivity index (χ1) is 3.83. The van der Waals surface area contributed by atoms with Gasteiger partial charge in [0.15, 0.2) is 0 Å². The highest BCUT2D eigenvalue weighted by Gasteiger charge is 2.34. The van der Waals surface area contributed by atoms with Gasteiger partial charge in [-0.15, -0.1) is 0 Å². The van der Waals surface area contributed by atoms with Crippen molar-refractivity contribution in [3.8, 4) is 0 Å². The van der Waals surface area contributed by atoms with Crippen LogP contribution in [0, 0.1) is 0 Å². The summed E-state index contributed by atoms with van der Waals surface area (Å²) in [5.74, 6) is 0. The van der Waals surface area contributed by atoms with Crippen LogP contribution >= 0.6 is 9.39 Å². The van der Waals surface area contributed by atoms with Gasteiger partial charge in [-0.2, -0.15) is 0 Å². The summed E-state index contributed by atoms with van der Waals surface area (Å²) in [6, 6.07) is 0. The van der Waals surface area contributed by atoms with Crippen LogP contribution in [0.5, 0.6) is 0 Å². The Morgan fingerprint density at radius 3 is 2.25 bits per heavy atom. The molecule has 1 rings (SSSR count). The van der Waals surface area contributed by atoms with E-state index in [0.29, 0.717) is 0 Å². The minimum absolute atomic E-state index is 0.162. The molecule has 3 heteroatoms. The molecule has 1 saturated carbocycles. The Kier molecular flexibility index (Phi) is 1.64. The van der Waals surface area contributed by atoms with Crippen LogP contribution in [-0.4, -0.2) is 11.8 Å². The SMILES string of the molecule is O=CC1(NP)CCC1. The molecule has 46 valence electrons. The lowest BCUT2D eigenvalue weighted by Crippen LogP contribution is -2.47. The zero-order valence-corrected chi connectivity index (χ0v) is 5.84. The molecule has 8 heavy (non-hydrogen) atoms. The van der Waals surface area contributed by atoms with Crippen LogP contribution in [0.1, 0.15) is 19.3 Å². The van der Waals surface area contributed by atoms with Crippen molar-refractivity contribution in [2.45, 2.75) is 24.8 Å². The minimum Gasteiger partial charge on any atom is -0.301 e. The molecule has 0 aromatic rings. The third kappa shape index (κ3) is 0.785. The quantitative estimate of drug-likeness (QED) is 0.436. The molecule has 0 aromatic carbocycles. The molecule has 1 unspecified atom stereocenters. The number of hydrogen-bond donors (Lipinski definition) is 1. The van der Waals surface area contributed by atoms with Gasteiger partial charge in [0.2, 0.25) is 0 Å². The molecule has 0 saturated heterocycles. The van der Waals surface area contributed by atoms with Crippen molar-refractivity contribution in [3.05, 3.63) is 0 Å². The van der Waals surface area contributed by atoms with Gasteiger partial charge in [-0.25, -0.2) is 0 Å². The standard InChI is InChI=1S/C5H10NOP/c7-4-5(6-8)2-1-3-5/h4,6H,1-3,8H2. The van der Waals surface area contributed by atoms with Gasteiger partial charge in [0, 0.05) is 0 Å². The summed E-state index contributed by atoms with van der Waals surface area (Å²) in [4.78, 5) is 10.3. The smallest absolute Gasteiger partial charge is 0.140 e. The van der Waals surface area contributed by atoms with Gasteiger partial charge in [-0.3, -0.25) is 5.09 Å². The van der Waals surface area contributed by atoms with Gasteiger partial charge in [-0.05, 0) is 19.3 Å². The van der Waals surface area contributed by atoms with Crippen LogP contribution in [0.4, 0.5) is 0 Å². The minimum atomic E-state index is -0.162. The van der Waals surface area contributed by atoms with Crippen LogP contribution in [-0.2, 0) is 4.79 Å². The fourth-order valence-electron chi connectivity index (χ4n) is 0.854. The van der Waals surface area contributed by atoms with E-state index in [4.69, 9.17) is 0 Å². The summed E-state index contributed by atoms with van der Waals surface area (Å²) in [6.45, 7) is 0. The molecule has 0 aromatic heterocycles. The van der Waals surface area contributed by atoms with E-state index in [1.807, 2.05) is 0 Å². The van der Waals surface area contributed by atoms with Gasteiger partial charge < -0.3 is 4.79 Å². The highest BCUT2D eigenvalue weighted by atomic mass is 31.0. The Hall–Kier alpha value is 0.0600. The molecule has 0 amide bonds. The molecule has 2 nitrogen and oxygen atoms in total. The van der Waals surface area contributed by atoms with Crippen molar-refractivity contribution in [1.82, 2.24) is 5.09 Å². The molecule has 1 aliphatic rings. The first-order valence-electron chi connectivity index (χ1n) is 2.77. The number of hydrogen-bond acceptors (Lipinski definition) is 2. The first kappa shape index (κ1) is 6.18. The number of nitrogens with one attached hydrogen (secondary N) is 1. The fourth-order valence-corrected chi connectivity index (χ4v) is 1.21. The zero-order chi connectivity index (χ0) is 6.04. The van der Waals surface area contributed by atoms with E-state index in [2.05, 4.69) is 14.5 Å². The number of carbonyl (C=O) groups excluding carboxylic acids is 1. The third-order valence-electron chi connectivity index (χ3n) is 1.76. The number of rotatable bonds is 2. The summed E-state index contributed by atoms with van der Waals surface area (Å²) >= 11 is 0. The van der Waals surface area contributed by atoms with Crippen molar-refractivity contribution in [2.24, 2.45) is 0 Å². The molecular weight excluding hydrogens is 121 g/mol.